The lowest BCUT2D eigenvalue weighted by Crippen LogP contribution is -2.14. The molecule has 1 aromatic heterocycles. The second-order valence-corrected chi connectivity index (χ2v) is 5.56. The first-order chi connectivity index (χ1) is 8.58. The van der Waals surface area contributed by atoms with E-state index in [0.717, 1.165) is 13.0 Å². The number of hydrogen-bond donors (Lipinski definition) is 1. The smallest absolute Gasteiger partial charge is 0.150 e. The molecule has 5 heteroatoms. The molecular formula is C13H19Cl3N2. The Morgan fingerprint density at radius 1 is 1.22 bits per heavy atom. The van der Waals surface area contributed by atoms with E-state index in [0.29, 0.717) is 21.8 Å². The van der Waals surface area contributed by atoms with Crippen LogP contribution in [0.15, 0.2) is 6.07 Å². The Bertz CT molecular complexity index is 383. The van der Waals surface area contributed by atoms with Gasteiger partial charge in [0, 0.05) is 6.54 Å². The van der Waals surface area contributed by atoms with Gasteiger partial charge in [-0.15, -0.1) is 0 Å². The van der Waals surface area contributed by atoms with Crippen molar-refractivity contribution < 1.29 is 0 Å². The molecule has 1 N–H and O–H groups in total. The maximum atomic E-state index is 6.06. The predicted octanol–water partition coefficient (Wildman–Crippen LogP) is 5.67. The molecule has 18 heavy (non-hydrogen) atoms. The van der Waals surface area contributed by atoms with Crippen molar-refractivity contribution in [3.8, 4) is 0 Å². The van der Waals surface area contributed by atoms with Crippen molar-refractivity contribution in [2.75, 3.05) is 11.9 Å². The number of nitrogens with zero attached hydrogens (tertiary/aromatic N) is 1. The maximum absolute atomic E-state index is 6.06. The van der Waals surface area contributed by atoms with Crippen molar-refractivity contribution in [3.63, 3.8) is 0 Å². The average molecular weight is 310 g/mol. The van der Waals surface area contributed by atoms with E-state index in [1.165, 1.54) is 19.3 Å². The van der Waals surface area contributed by atoms with Crippen LogP contribution in [-0.4, -0.2) is 11.5 Å². The molecule has 0 saturated carbocycles. The van der Waals surface area contributed by atoms with Crippen LogP contribution < -0.4 is 5.32 Å². The maximum Gasteiger partial charge on any atom is 0.150 e. The van der Waals surface area contributed by atoms with Crippen molar-refractivity contribution >= 4 is 40.6 Å². The summed E-state index contributed by atoms with van der Waals surface area (Å²) in [6, 6.07) is 1.62. The van der Waals surface area contributed by atoms with Gasteiger partial charge in [0.2, 0.25) is 0 Å². The standard InChI is InChI=1S/C13H19Cl3N2/c1-3-5-6-9(4-2)8-17-13-11(15)7-10(14)12(16)18-13/h7,9H,3-6,8H2,1-2H3,(H,17,18). The van der Waals surface area contributed by atoms with Gasteiger partial charge < -0.3 is 5.32 Å². The van der Waals surface area contributed by atoms with Gasteiger partial charge in [0.25, 0.3) is 0 Å². The molecule has 0 aromatic carbocycles. The number of halogens is 3. The second-order valence-electron chi connectivity index (χ2n) is 4.39. The second kappa shape index (κ2) is 8.08. The van der Waals surface area contributed by atoms with Gasteiger partial charge in [0.15, 0.2) is 0 Å². The molecule has 0 saturated heterocycles. The third kappa shape index (κ3) is 4.83. The van der Waals surface area contributed by atoms with Crippen molar-refractivity contribution in [3.05, 3.63) is 21.3 Å². The molecule has 1 unspecified atom stereocenters. The third-order valence-corrected chi connectivity index (χ3v) is 3.95. The number of pyridine rings is 1. The minimum absolute atomic E-state index is 0.283. The number of rotatable bonds is 7. The Hall–Kier alpha value is -0.180. The predicted molar refractivity (Wildman–Crippen MR) is 81.1 cm³/mol. The average Bonchev–Trinajstić information content (AvgIpc) is 2.35. The molecule has 102 valence electrons. The van der Waals surface area contributed by atoms with Crippen LogP contribution in [0.3, 0.4) is 0 Å². The fourth-order valence-corrected chi connectivity index (χ4v) is 2.32. The molecule has 1 heterocycles. The molecule has 0 fully saturated rings. The lowest BCUT2D eigenvalue weighted by atomic mass is 9.99. The van der Waals surface area contributed by atoms with Crippen LogP contribution in [0.25, 0.3) is 0 Å². The van der Waals surface area contributed by atoms with E-state index in [-0.39, 0.29) is 5.15 Å². The summed E-state index contributed by atoms with van der Waals surface area (Å²) in [6.07, 6.45) is 4.84. The van der Waals surface area contributed by atoms with E-state index in [9.17, 15) is 0 Å². The molecule has 0 spiro atoms. The molecule has 0 aliphatic heterocycles. The van der Waals surface area contributed by atoms with Crippen LogP contribution in [0.1, 0.15) is 39.5 Å². The van der Waals surface area contributed by atoms with E-state index in [1.807, 2.05) is 0 Å². The number of anilines is 1. The van der Waals surface area contributed by atoms with E-state index in [2.05, 4.69) is 24.1 Å². The molecule has 0 amide bonds. The van der Waals surface area contributed by atoms with E-state index < -0.39 is 0 Å². The van der Waals surface area contributed by atoms with Crippen LogP contribution in [0.4, 0.5) is 5.82 Å². The van der Waals surface area contributed by atoms with Gasteiger partial charge in [0.1, 0.15) is 11.0 Å². The van der Waals surface area contributed by atoms with Crippen LogP contribution in [0.2, 0.25) is 15.2 Å². The van der Waals surface area contributed by atoms with Crippen LogP contribution in [0.5, 0.6) is 0 Å². The first-order valence-corrected chi connectivity index (χ1v) is 7.47. The third-order valence-electron chi connectivity index (χ3n) is 2.99. The zero-order chi connectivity index (χ0) is 13.5. The Labute approximate surface area is 124 Å². The molecule has 1 rings (SSSR count). The zero-order valence-electron chi connectivity index (χ0n) is 10.8. The number of nitrogens with one attached hydrogen (secondary N) is 1. The quantitative estimate of drug-likeness (QED) is 0.656. The van der Waals surface area contributed by atoms with Crippen molar-refractivity contribution in [2.24, 2.45) is 5.92 Å². The first kappa shape index (κ1) is 15.9. The van der Waals surface area contributed by atoms with Crippen LogP contribution >= 0.6 is 34.8 Å². The van der Waals surface area contributed by atoms with Crippen molar-refractivity contribution in [1.29, 1.82) is 0 Å². The molecule has 0 radical (unpaired) electrons. The lowest BCUT2D eigenvalue weighted by Gasteiger charge is -2.16. The van der Waals surface area contributed by atoms with Crippen molar-refractivity contribution in [1.82, 2.24) is 4.98 Å². The molecule has 0 aliphatic rings. The summed E-state index contributed by atoms with van der Waals surface area (Å²) in [5, 5.41) is 4.43. The fourth-order valence-electron chi connectivity index (χ4n) is 1.75. The normalized spacial score (nSPS) is 12.5. The summed E-state index contributed by atoms with van der Waals surface area (Å²) >= 11 is 17.8. The van der Waals surface area contributed by atoms with Gasteiger partial charge in [-0.05, 0) is 18.4 Å². The molecule has 1 atom stereocenters. The summed E-state index contributed by atoms with van der Waals surface area (Å²) in [5.74, 6) is 1.25. The topological polar surface area (TPSA) is 24.9 Å². The lowest BCUT2D eigenvalue weighted by molar-refractivity contribution is 0.472. The molecule has 1 aromatic rings. The Kier molecular flexibility index (Phi) is 7.13. The van der Waals surface area contributed by atoms with E-state index in [1.54, 1.807) is 6.07 Å². The van der Waals surface area contributed by atoms with Gasteiger partial charge in [0.05, 0.1) is 10.0 Å². The Balaban J connectivity index is 2.59. The van der Waals surface area contributed by atoms with Gasteiger partial charge in [-0.25, -0.2) is 4.98 Å². The fraction of sp³-hybridized carbons (Fsp3) is 0.615. The van der Waals surface area contributed by atoms with Crippen LogP contribution in [0, 0.1) is 5.92 Å². The Morgan fingerprint density at radius 2 is 1.94 bits per heavy atom. The molecule has 0 aliphatic carbocycles. The number of aromatic nitrogens is 1. The minimum atomic E-state index is 0.283. The summed E-state index contributed by atoms with van der Waals surface area (Å²) in [7, 11) is 0. The SMILES string of the molecule is CCCCC(CC)CNc1nc(Cl)c(Cl)cc1Cl. The van der Waals surface area contributed by atoms with Gasteiger partial charge >= 0.3 is 0 Å². The van der Waals surface area contributed by atoms with Gasteiger partial charge in [-0.1, -0.05) is 67.9 Å². The highest BCUT2D eigenvalue weighted by Crippen LogP contribution is 2.29. The largest absolute Gasteiger partial charge is 0.369 e. The highest BCUT2D eigenvalue weighted by Gasteiger charge is 2.10. The summed E-state index contributed by atoms with van der Waals surface area (Å²) in [6.45, 7) is 5.27. The minimum Gasteiger partial charge on any atom is -0.369 e. The highest BCUT2D eigenvalue weighted by molar-refractivity contribution is 6.42. The van der Waals surface area contributed by atoms with Crippen molar-refractivity contribution in [2.45, 2.75) is 39.5 Å². The van der Waals surface area contributed by atoms with E-state index >= 15 is 0 Å². The summed E-state index contributed by atoms with van der Waals surface area (Å²) in [4.78, 5) is 4.15. The molecule has 2 nitrogen and oxygen atoms in total. The summed E-state index contributed by atoms with van der Waals surface area (Å²) in [5.41, 5.74) is 0. The van der Waals surface area contributed by atoms with Crippen LogP contribution in [-0.2, 0) is 0 Å². The first-order valence-electron chi connectivity index (χ1n) is 6.33. The Morgan fingerprint density at radius 3 is 2.56 bits per heavy atom. The van der Waals surface area contributed by atoms with E-state index in [4.69, 9.17) is 34.8 Å². The highest BCUT2D eigenvalue weighted by atomic mass is 35.5. The van der Waals surface area contributed by atoms with Gasteiger partial charge in [-0.3, -0.25) is 0 Å². The summed E-state index contributed by atoms with van der Waals surface area (Å²) < 4.78 is 0. The zero-order valence-corrected chi connectivity index (χ0v) is 13.0. The molecular weight excluding hydrogens is 291 g/mol. The number of hydrogen-bond acceptors (Lipinski definition) is 2. The molecule has 0 bridgehead atoms. The monoisotopic (exact) mass is 308 g/mol. The van der Waals surface area contributed by atoms with Gasteiger partial charge in [-0.2, -0.15) is 0 Å². The number of unbranched alkanes of at least 4 members (excludes halogenated alkanes) is 1.